The first-order valence-corrected chi connectivity index (χ1v) is 7.25. The van der Waals surface area contributed by atoms with Crippen LogP contribution in [0.1, 0.15) is 25.5 Å². The maximum absolute atomic E-state index is 5.87. The van der Waals surface area contributed by atoms with Crippen molar-refractivity contribution in [1.29, 1.82) is 0 Å². The summed E-state index contributed by atoms with van der Waals surface area (Å²) in [6.45, 7) is 5.22. The summed E-state index contributed by atoms with van der Waals surface area (Å²) in [4.78, 5) is 0. The molecule has 0 aliphatic carbocycles. The fraction of sp³-hybridized carbons (Fsp3) is 0.250. The van der Waals surface area contributed by atoms with Gasteiger partial charge in [0.25, 0.3) is 0 Å². The van der Waals surface area contributed by atoms with Crippen molar-refractivity contribution in [3.05, 3.63) is 58.6 Å². The Kier molecular flexibility index (Phi) is 5.00. The van der Waals surface area contributed by atoms with Crippen LogP contribution < -0.4 is 10.1 Å². The van der Waals surface area contributed by atoms with E-state index in [1.54, 1.807) is 0 Å². The second-order valence-electron chi connectivity index (χ2n) is 4.41. The second kappa shape index (κ2) is 6.73. The van der Waals surface area contributed by atoms with Crippen LogP contribution >= 0.6 is 15.9 Å². The van der Waals surface area contributed by atoms with Crippen molar-refractivity contribution < 1.29 is 4.74 Å². The molecule has 0 aliphatic rings. The molecular weight excluding hydrogens is 302 g/mol. The minimum absolute atomic E-state index is 0.330. The normalized spacial score (nSPS) is 12.2. The third kappa shape index (κ3) is 4.08. The van der Waals surface area contributed by atoms with Crippen molar-refractivity contribution >= 4 is 15.9 Å². The summed E-state index contributed by atoms with van der Waals surface area (Å²) in [7, 11) is 0. The molecule has 0 saturated carbocycles. The van der Waals surface area contributed by atoms with E-state index in [4.69, 9.17) is 4.74 Å². The standard InChI is InChI=1S/C16H18BrNO/c1-3-18-12(2)13-6-4-8-15(10-13)19-16-9-5-7-14(17)11-16/h4-12,18H,3H2,1-2H3. The smallest absolute Gasteiger partial charge is 0.128 e. The van der Waals surface area contributed by atoms with Crippen LogP contribution in [0.2, 0.25) is 0 Å². The van der Waals surface area contributed by atoms with E-state index in [2.05, 4.69) is 47.2 Å². The number of ether oxygens (including phenoxy) is 1. The van der Waals surface area contributed by atoms with Gasteiger partial charge in [0.2, 0.25) is 0 Å². The molecule has 1 atom stereocenters. The van der Waals surface area contributed by atoms with Gasteiger partial charge in [-0.25, -0.2) is 0 Å². The first kappa shape index (κ1) is 14.1. The van der Waals surface area contributed by atoms with Crippen LogP contribution in [0.15, 0.2) is 53.0 Å². The summed E-state index contributed by atoms with van der Waals surface area (Å²) in [5.74, 6) is 1.70. The van der Waals surface area contributed by atoms with Crippen molar-refractivity contribution in [3.63, 3.8) is 0 Å². The third-order valence-corrected chi connectivity index (χ3v) is 3.39. The molecule has 2 rings (SSSR count). The second-order valence-corrected chi connectivity index (χ2v) is 5.33. The minimum atomic E-state index is 0.330. The lowest BCUT2D eigenvalue weighted by Gasteiger charge is -2.14. The number of benzene rings is 2. The van der Waals surface area contributed by atoms with E-state index in [1.807, 2.05) is 36.4 Å². The Balaban J connectivity index is 2.15. The number of hydrogen-bond donors (Lipinski definition) is 1. The topological polar surface area (TPSA) is 21.3 Å². The molecule has 0 fully saturated rings. The van der Waals surface area contributed by atoms with Gasteiger partial charge in [0, 0.05) is 10.5 Å². The molecule has 0 aliphatic heterocycles. The van der Waals surface area contributed by atoms with Crippen LogP contribution in [-0.4, -0.2) is 6.54 Å². The maximum atomic E-state index is 5.87. The molecule has 100 valence electrons. The van der Waals surface area contributed by atoms with Crippen LogP contribution in [0, 0.1) is 0 Å². The molecule has 1 unspecified atom stereocenters. The van der Waals surface area contributed by atoms with Crippen LogP contribution in [0.25, 0.3) is 0 Å². The highest BCUT2D eigenvalue weighted by molar-refractivity contribution is 9.10. The van der Waals surface area contributed by atoms with Gasteiger partial charge in [-0.1, -0.05) is 41.1 Å². The summed E-state index contributed by atoms with van der Waals surface area (Å²) in [6, 6.07) is 16.4. The summed E-state index contributed by atoms with van der Waals surface area (Å²) in [6.07, 6.45) is 0. The Morgan fingerprint density at radius 3 is 2.47 bits per heavy atom. The predicted molar refractivity (Wildman–Crippen MR) is 82.7 cm³/mol. The van der Waals surface area contributed by atoms with Gasteiger partial charge >= 0.3 is 0 Å². The summed E-state index contributed by atoms with van der Waals surface area (Å²) in [5, 5.41) is 3.40. The minimum Gasteiger partial charge on any atom is -0.457 e. The predicted octanol–water partition coefficient (Wildman–Crippen LogP) is 4.91. The van der Waals surface area contributed by atoms with Crippen LogP contribution in [0.5, 0.6) is 11.5 Å². The zero-order chi connectivity index (χ0) is 13.7. The fourth-order valence-electron chi connectivity index (χ4n) is 1.94. The lowest BCUT2D eigenvalue weighted by Crippen LogP contribution is -2.17. The van der Waals surface area contributed by atoms with Gasteiger partial charge < -0.3 is 10.1 Å². The molecule has 0 radical (unpaired) electrons. The van der Waals surface area contributed by atoms with Crippen molar-refractivity contribution in [2.24, 2.45) is 0 Å². The Labute approximate surface area is 122 Å². The molecule has 2 nitrogen and oxygen atoms in total. The average Bonchev–Trinajstić information content (AvgIpc) is 2.39. The molecule has 0 spiro atoms. The quantitative estimate of drug-likeness (QED) is 0.845. The fourth-order valence-corrected chi connectivity index (χ4v) is 2.32. The molecule has 3 heteroatoms. The Morgan fingerprint density at radius 1 is 1.11 bits per heavy atom. The van der Waals surface area contributed by atoms with E-state index >= 15 is 0 Å². The molecule has 0 aromatic heterocycles. The summed E-state index contributed by atoms with van der Waals surface area (Å²) < 4.78 is 6.89. The van der Waals surface area contributed by atoms with Gasteiger partial charge in [-0.15, -0.1) is 0 Å². The average molecular weight is 320 g/mol. The number of rotatable bonds is 5. The van der Waals surface area contributed by atoms with E-state index in [9.17, 15) is 0 Å². The monoisotopic (exact) mass is 319 g/mol. The lowest BCUT2D eigenvalue weighted by molar-refractivity contribution is 0.479. The van der Waals surface area contributed by atoms with E-state index in [0.29, 0.717) is 6.04 Å². The van der Waals surface area contributed by atoms with Crippen LogP contribution in [0.4, 0.5) is 0 Å². The van der Waals surface area contributed by atoms with Crippen molar-refractivity contribution in [3.8, 4) is 11.5 Å². The lowest BCUT2D eigenvalue weighted by atomic mass is 10.1. The zero-order valence-electron chi connectivity index (χ0n) is 11.2. The number of nitrogens with one attached hydrogen (secondary N) is 1. The first-order chi connectivity index (χ1) is 9.19. The maximum Gasteiger partial charge on any atom is 0.128 e. The largest absolute Gasteiger partial charge is 0.457 e. The van der Waals surface area contributed by atoms with Crippen molar-refractivity contribution in [2.45, 2.75) is 19.9 Å². The number of halogens is 1. The molecule has 0 heterocycles. The molecule has 0 amide bonds. The first-order valence-electron chi connectivity index (χ1n) is 6.46. The molecule has 19 heavy (non-hydrogen) atoms. The Hall–Kier alpha value is -1.32. The van der Waals surface area contributed by atoms with Crippen LogP contribution in [-0.2, 0) is 0 Å². The molecule has 0 saturated heterocycles. The molecular formula is C16H18BrNO. The SMILES string of the molecule is CCNC(C)c1cccc(Oc2cccc(Br)c2)c1. The van der Waals surface area contributed by atoms with Gasteiger partial charge in [-0.05, 0) is 49.4 Å². The van der Waals surface area contributed by atoms with Crippen molar-refractivity contribution in [1.82, 2.24) is 5.32 Å². The van der Waals surface area contributed by atoms with Crippen LogP contribution in [0.3, 0.4) is 0 Å². The Morgan fingerprint density at radius 2 is 1.79 bits per heavy atom. The molecule has 2 aromatic rings. The zero-order valence-corrected chi connectivity index (χ0v) is 12.8. The number of hydrogen-bond acceptors (Lipinski definition) is 2. The molecule has 0 bridgehead atoms. The summed E-state index contributed by atoms with van der Waals surface area (Å²) in [5.41, 5.74) is 1.23. The van der Waals surface area contributed by atoms with E-state index in [1.165, 1.54) is 5.56 Å². The van der Waals surface area contributed by atoms with Gasteiger partial charge in [0.05, 0.1) is 0 Å². The van der Waals surface area contributed by atoms with E-state index in [0.717, 1.165) is 22.5 Å². The third-order valence-electron chi connectivity index (χ3n) is 2.90. The highest BCUT2D eigenvalue weighted by atomic mass is 79.9. The highest BCUT2D eigenvalue weighted by Crippen LogP contribution is 2.26. The van der Waals surface area contributed by atoms with E-state index < -0.39 is 0 Å². The van der Waals surface area contributed by atoms with Gasteiger partial charge in [-0.2, -0.15) is 0 Å². The highest BCUT2D eigenvalue weighted by Gasteiger charge is 2.05. The molecule has 1 N–H and O–H groups in total. The molecule has 2 aromatic carbocycles. The van der Waals surface area contributed by atoms with Gasteiger partial charge in [0.1, 0.15) is 11.5 Å². The van der Waals surface area contributed by atoms with E-state index in [-0.39, 0.29) is 0 Å². The van der Waals surface area contributed by atoms with Gasteiger partial charge in [0.15, 0.2) is 0 Å². The van der Waals surface area contributed by atoms with Gasteiger partial charge in [-0.3, -0.25) is 0 Å². The summed E-state index contributed by atoms with van der Waals surface area (Å²) >= 11 is 3.44. The van der Waals surface area contributed by atoms with Crippen molar-refractivity contribution in [2.75, 3.05) is 6.54 Å². The Bertz CT molecular complexity index is 542.